The summed E-state index contributed by atoms with van der Waals surface area (Å²) in [5.41, 5.74) is 1.41. The van der Waals surface area contributed by atoms with Gasteiger partial charge in [0.25, 0.3) is 0 Å². The van der Waals surface area contributed by atoms with Crippen molar-refractivity contribution < 1.29 is 4.74 Å². The van der Waals surface area contributed by atoms with E-state index in [2.05, 4.69) is 30.4 Å². The van der Waals surface area contributed by atoms with Crippen LogP contribution >= 0.6 is 0 Å². The van der Waals surface area contributed by atoms with Gasteiger partial charge in [-0.15, -0.1) is 0 Å². The number of hydrogen-bond acceptors (Lipinski definition) is 2. The van der Waals surface area contributed by atoms with Crippen LogP contribution in [0.5, 0.6) is 5.75 Å². The average Bonchev–Trinajstić information content (AvgIpc) is 2.41. The smallest absolute Gasteiger partial charge is 0.119 e. The molecule has 0 bridgehead atoms. The predicted octanol–water partition coefficient (Wildman–Crippen LogP) is 3.41. The summed E-state index contributed by atoms with van der Waals surface area (Å²) in [5.74, 6) is 1.76. The van der Waals surface area contributed by atoms with E-state index in [1.165, 1.54) is 37.7 Å². The number of hydrogen-bond donors (Lipinski definition) is 1. The van der Waals surface area contributed by atoms with Gasteiger partial charge in [-0.05, 0) is 49.4 Å². The molecule has 1 aromatic rings. The molecule has 0 radical (unpaired) electrons. The van der Waals surface area contributed by atoms with Crippen LogP contribution in [-0.2, 0) is 6.42 Å². The van der Waals surface area contributed by atoms with E-state index in [1.807, 2.05) is 6.07 Å². The molecule has 1 saturated carbocycles. The molecule has 1 aliphatic carbocycles. The van der Waals surface area contributed by atoms with E-state index in [1.54, 1.807) is 7.11 Å². The highest BCUT2D eigenvalue weighted by Crippen LogP contribution is 2.28. The second-order valence-corrected chi connectivity index (χ2v) is 5.26. The van der Waals surface area contributed by atoms with Gasteiger partial charge in [-0.3, -0.25) is 0 Å². The molecular weight excluding hydrogens is 222 g/mol. The molecule has 1 N–H and O–H groups in total. The maximum absolute atomic E-state index is 5.30. The van der Waals surface area contributed by atoms with E-state index in [0.29, 0.717) is 6.04 Å². The summed E-state index contributed by atoms with van der Waals surface area (Å²) in [5, 5.41) is 3.65. The molecule has 2 rings (SSSR count). The van der Waals surface area contributed by atoms with Gasteiger partial charge in [0.05, 0.1) is 7.11 Å². The normalized spacial score (nSPS) is 23.9. The molecule has 100 valence electrons. The lowest BCUT2D eigenvalue weighted by Crippen LogP contribution is -2.39. The van der Waals surface area contributed by atoms with Crippen molar-refractivity contribution in [3.63, 3.8) is 0 Å². The maximum Gasteiger partial charge on any atom is 0.119 e. The molecule has 0 amide bonds. The molecule has 0 aromatic heterocycles. The molecule has 0 aliphatic heterocycles. The number of methoxy groups -OCH3 is 1. The molecule has 1 aromatic carbocycles. The molecule has 2 nitrogen and oxygen atoms in total. The molecule has 0 saturated heterocycles. The first-order valence-corrected chi connectivity index (χ1v) is 7.19. The van der Waals surface area contributed by atoms with Crippen molar-refractivity contribution in [3.8, 4) is 5.75 Å². The van der Waals surface area contributed by atoms with Gasteiger partial charge in [0.1, 0.15) is 5.75 Å². The molecule has 1 fully saturated rings. The lowest BCUT2D eigenvalue weighted by atomic mass is 9.80. The van der Waals surface area contributed by atoms with Gasteiger partial charge >= 0.3 is 0 Å². The Morgan fingerprint density at radius 2 is 2.11 bits per heavy atom. The zero-order chi connectivity index (χ0) is 12.8. The Kier molecular flexibility index (Phi) is 5.06. The van der Waals surface area contributed by atoms with Gasteiger partial charge in [0.2, 0.25) is 0 Å². The van der Waals surface area contributed by atoms with Gasteiger partial charge in [-0.2, -0.15) is 0 Å². The Bertz CT molecular complexity index is 362. The molecular formula is C16H25NO. The first-order valence-electron chi connectivity index (χ1n) is 7.19. The highest BCUT2D eigenvalue weighted by atomic mass is 16.5. The van der Waals surface area contributed by atoms with Crippen LogP contribution in [0, 0.1) is 5.92 Å². The second-order valence-electron chi connectivity index (χ2n) is 5.26. The first kappa shape index (κ1) is 13.4. The van der Waals surface area contributed by atoms with Crippen molar-refractivity contribution in [3.05, 3.63) is 29.8 Å². The number of ether oxygens (including phenoxy) is 1. The lowest BCUT2D eigenvalue weighted by molar-refractivity contribution is 0.264. The quantitative estimate of drug-likeness (QED) is 0.861. The van der Waals surface area contributed by atoms with Gasteiger partial charge < -0.3 is 10.1 Å². The molecule has 0 spiro atoms. The van der Waals surface area contributed by atoms with E-state index < -0.39 is 0 Å². The fourth-order valence-corrected chi connectivity index (χ4v) is 3.09. The van der Waals surface area contributed by atoms with Crippen molar-refractivity contribution >= 4 is 0 Å². The van der Waals surface area contributed by atoms with E-state index in [-0.39, 0.29) is 0 Å². The Labute approximate surface area is 111 Å². The Balaban J connectivity index is 2.01. The van der Waals surface area contributed by atoms with Crippen LogP contribution in [0.15, 0.2) is 24.3 Å². The predicted molar refractivity (Wildman–Crippen MR) is 76.1 cm³/mol. The van der Waals surface area contributed by atoms with Crippen molar-refractivity contribution in [1.29, 1.82) is 0 Å². The van der Waals surface area contributed by atoms with Gasteiger partial charge in [0, 0.05) is 6.04 Å². The van der Waals surface area contributed by atoms with Crippen LogP contribution in [0.4, 0.5) is 0 Å². The molecule has 2 atom stereocenters. The van der Waals surface area contributed by atoms with Crippen LogP contribution in [0.1, 0.15) is 38.2 Å². The van der Waals surface area contributed by atoms with Crippen LogP contribution in [-0.4, -0.2) is 19.7 Å². The highest BCUT2D eigenvalue weighted by Gasteiger charge is 2.24. The van der Waals surface area contributed by atoms with Gasteiger partial charge in [-0.1, -0.05) is 31.9 Å². The largest absolute Gasteiger partial charge is 0.497 e. The lowest BCUT2D eigenvalue weighted by Gasteiger charge is -2.32. The third-order valence-corrected chi connectivity index (χ3v) is 4.01. The number of rotatable bonds is 5. The summed E-state index contributed by atoms with van der Waals surface area (Å²) in [6.07, 6.45) is 6.63. The van der Waals surface area contributed by atoms with Crippen LogP contribution in [0.25, 0.3) is 0 Å². The molecule has 18 heavy (non-hydrogen) atoms. The van der Waals surface area contributed by atoms with E-state index >= 15 is 0 Å². The third-order valence-electron chi connectivity index (χ3n) is 4.01. The molecule has 2 heteroatoms. The topological polar surface area (TPSA) is 21.3 Å². The summed E-state index contributed by atoms with van der Waals surface area (Å²) in [6.45, 7) is 3.29. The SMILES string of the molecule is CCNC1CCCCC1Cc1cccc(OC)c1. The first-order chi connectivity index (χ1) is 8.83. The highest BCUT2D eigenvalue weighted by molar-refractivity contribution is 5.28. The Morgan fingerprint density at radius 3 is 2.89 bits per heavy atom. The minimum absolute atomic E-state index is 0.704. The van der Waals surface area contributed by atoms with Crippen LogP contribution < -0.4 is 10.1 Å². The minimum atomic E-state index is 0.704. The Hall–Kier alpha value is -1.02. The van der Waals surface area contributed by atoms with Crippen LogP contribution in [0.3, 0.4) is 0 Å². The number of benzene rings is 1. The van der Waals surface area contributed by atoms with Crippen molar-refractivity contribution in [2.24, 2.45) is 5.92 Å². The number of nitrogens with one attached hydrogen (secondary N) is 1. The van der Waals surface area contributed by atoms with Crippen molar-refractivity contribution in [2.75, 3.05) is 13.7 Å². The van der Waals surface area contributed by atoms with Gasteiger partial charge in [0.15, 0.2) is 0 Å². The summed E-state index contributed by atoms with van der Waals surface area (Å²) >= 11 is 0. The zero-order valence-electron chi connectivity index (χ0n) is 11.6. The monoisotopic (exact) mass is 247 g/mol. The molecule has 0 heterocycles. The van der Waals surface area contributed by atoms with Gasteiger partial charge in [-0.25, -0.2) is 0 Å². The molecule has 2 unspecified atom stereocenters. The molecule has 1 aliphatic rings. The maximum atomic E-state index is 5.30. The fraction of sp³-hybridized carbons (Fsp3) is 0.625. The summed E-state index contributed by atoms with van der Waals surface area (Å²) in [4.78, 5) is 0. The van der Waals surface area contributed by atoms with E-state index in [4.69, 9.17) is 4.74 Å². The third kappa shape index (κ3) is 3.49. The average molecular weight is 247 g/mol. The van der Waals surface area contributed by atoms with E-state index in [0.717, 1.165) is 18.2 Å². The zero-order valence-corrected chi connectivity index (χ0v) is 11.6. The van der Waals surface area contributed by atoms with Crippen molar-refractivity contribution in [2.45, 2.75) is 45.1 Å². The fourth-order valence-electron chi connectivity index (χ4n) is 3.09. The minimum Gasteiger partial charge on any atom is -0.497 e. The standard InChI is InChI=1S/C16H25NO/c1-3-17-16-10-5-4-8-14(16)11-13-7-6-9-15(12-13)18-2/h6-7,9,12,14,16-17H,3-5,8,10-11H2,1-2H3. The summed E-state index contributed by atoms with van der Waals surface area (Å²) in [7, 11) is 1.74. The summed E-state index contributed by atoms with van der Waals surface area (Å²) in [6, 6.07) is 9.22. The Morgan fingerprint density at radius 1 is 1.28 bits per heavy atom. The second kappa shape index (κ2) is 6.79. The van der Waals surface area contributed by atoms with E-state index in [9.17, 15) is 0 Å². The summed E-state index contributed by atoms with van der Waals surface area (Å²) < 4.78 is 5.30. The van der Waals surface area contributed by atoms with Crippen molar-refractivity contribution in [1.82, 2.24) is 5.32 Å². The van der Waals surface area contributed by atoms with Crippen LogP contribution in [0.2, 0.25) is 0 Å².